The summed E-state index contributed by atoms with van der Waals surface area (Å²) >= 11 is 1.56. The van der Waals surface area contributed by atoms with Crippen LogP contribution < -0.4 is 4.90 Å². The summed E-state index contributed by atoms with van der Waals surface area (Å²) in [6.07, 6.45) is 1.28. The number of rotatable bonds is 3. The first-order valence-electron chi connectivity index (χ1n) is 8.97. The number of piperidine rings is 1. The molecule has 5 nitrogen and oxygen atoms in total. The van der Waals surface area contributed by atoms with Crippen LogP contribution in [-0.2, 0) is 0 Å². The Morgan fingerprint density at radius 3 is 2.52 bits per heavy atom. The van der Waals surface area contributed by atoms with Gasteiger partial charge in [0.2, 0.25) is 10.8 Å². The summed E-state index contributed by atoms with van der Waals surface area (Å²) in [5.41, 5.74) is 1.25. The Bertz CT molecular complexity index is 862. The molecule has 1 aliphatic rings. The van der Waals surface area contributed by atoms with E-state index in [-0.39, 0.29) is 11.9 Å². The maximum absolute atomic E-state index is 10.9. The van der Waals surface area contributed by atoms with Crippen LogP contribution in [0.1, 0.15) is 42.6 Å². The molecule has 0 aliphatic carbocycles. The van der Waals surface area contributed by atoms with E-state index >= 15 is 0 Å². The van der Waals surface area contributed by atoms with Gasteiger partial charge in [0.1, 0.15) is 10.7 Å². The number of nitrogens with one attached hydrogen (secondary N) is 1. The summed E-state index contributed by atoms with van der Waals surface area (Å²) in [6, 6.07) is 10.7. The van der Waals surface area contributed by atoms with Gasteiger partial charge in [-0.25, -0.2) is 4.98 Å². The number of hydrogen-bond donors (Lipinski definition) is 2. The van der Waals surface area contributed by atoms with E-state index in [0.29, 0.717) is 17.7 Å². The van der Waals surface area contributed by atoms with Gasteiger partial charge in [0, 0.05) is 17.4 Å². The fourth-order valence-electron chi connectivity index (χ4n) is 4.32. The third-order valence-corrected chi connectivity index (χ3v) is 6.22. The van der Waals surface area contributed by atoms with E-state index < -0.39 is 0 Å². The fraction of sp³-hybridized carbons (Fsp3) is 0.474. The SMILES string of the molecule is Cc1nc2sc([C@@H](c3ccccc3)[NH+]3C[C@H](C)C[C@H](C)C3)c(O)n2n1. The van der Waals surface area contributed by atoms with Crippen LogP contribution >= 0.6 is 11.3 Å². The molecule has 132 valence electrons. The molecule has 3 heterocycles. The summed E-state index contributed by atoms with van der Waals surface area (Å²) in [7, 11) is 0. The van der Waals surface area contributed by atoms with Crippen LogP contribution in [0.2, 0.25) is 0 Å². The lowest BCUT2D eigenvalue weighted by atomic mass is 9.89. The highest BCUT2D eigenvalue weighted by Gasteiger charge is 2.36. The Morgan fingerprint density at radius 1 is 1.20 bits per heavy atom. The highest BCUT2D eigenvalue weighted by Crippen LogP contribution is 2.35. The lowest BCUT2D eigenvalue weighted by Gasteiger charge is -2.36. The van der Waals surface area contributed by atoms with Gasteiger partial charge in [-0.05, 0) is 13.3 Å². The van der Waals surface area contributed by atoms with E-state index in [1.165, 1.54) is 16.9 Å². The average Bonchev–Trinajstić information content (AvgIpc) is 3.06. The summed E-state index contributed by atoms with van der Waals surface area (Å²) in [6.45, 7) is 8.77. The number of thiazole rings is 1. The number of benzene rings is 1. The zero-order valence-electron chi connectivity index (χ0n) is 14.9. The molecule has 1 aromatic carbocycles. The third kappa shape index (κ3) is 3.04. The first kappa shape index (κ1) is 16.5. The predicted octanol–water partition coefficient (Wildman–Crippen LogP) is 2.46. The molecule has 2 N–H and O–H groups in total. The molecule has 0 spiro atoms. The minimum atomic E-state index is 0.125. The molecule has 1 fully saturated rings. The monoisotopic (exact) mass is 357 g/mol. The van der Waals surface area contributed by atoms with E-state index in [9.17, 15) is 5.11 Å². The van der Waals surface area contributed by atoms with E-state index in [2.05, 4.69) is 48.2 Å². The van der Waals surface area contributed by atoms with Gasteiger partial charge >= 0.3 is 0 Å². The molecule has 0 radical (unpaired) electrons. The Labute approximate surface area is 151 Å². The minimum absolute atomic E-state index is 0.125. The number of fused-ring (bicyclic) bond motifs is 1. The zero-order valence-corrected chi connectivity index (χ0v) is 15.8. The highest BCUT2D eigenvalue weighted by molar-refractivity contribution is 7.17. The van der Waals surface area contributed by atoms with Gasteiger partial charge in [-0.15, -0.1) is 5.10 Å². The van der Waals surface area contributed by atoms with Gasteiger partial charge in [-0.1, -0.05) is 55.5 Å². The minimum Gasteiger partial charge on any atom is -0.492 e. The molecule has 0 bridgehead atoms. The number of aryl methyl sites for hydroxylation is 1. The Hall–Kier alpha value is -1.92. The molecule has 4 atom stereocenters. The normalized spacial score (nSPS) is 25.3. The molecule has 1 saturated heterocycles. The number of nitrogens with zero attached hydrogens (tertiary/aromatic N) is 3. The number of hydrogen-bond acceptors (Lipinski definition) is 4. The van der Waals surface area contributed by atoms with Gasteiger partial charge < -0.3 is 10.0 Å². The molecule has 0 saturated carbocycles. The summed E-state index contributed by atoms with van der Waals surface area (Å²) < 4.78 is 1.58. The average molecular weight is 358 g/mol. The number of aromatic hydroxyl groups is 1. The molecular formula is C19H25N4OS+. The Balaban J connectivity index is 1.82. The van der Waals surface area contributed by atoms with E-state index in [1.807, 2.05) is 13.0 Å². The molecule has 1 aliphatic heterocycles. The Morgan fingerprint density at radius 2 is 1.88 bits per heavy atom. The largest absolute Gasteiger partial charge is 0.492 e. The highest BCUT2D eigenvalue weighted by atomic mass is 32.1. The second-order valence-corrected chi connectivity index (χ2v) is 8.51. The van der Waals surface area contributed by atoms with Gasteiger partial charge in [0.05, 0.1) is 13.1 Å². The van der Waals surface area contributed by atoms with Crippen molar-refractivity contribution in [3.05, 3.63) is 46.6 Å². The number of quaternary nitrogens is 1. The summed E-state index contributed by atoms with van der Waals surface area (Å²) in [4.78, 5) is 7.71. The van der Waals surface area contributed by atoms with Crippen molar-refractivity contribution < 1.29 is 10.0 Å². The van der Waals surface area contributed by atoms with E-state index in [0.717, 1.165) is 22.9 Å². The quantitative estimate of drug-likeness (QED) is 0.757. The second kappa shape index (κ2) is 6.42. The van der Waals surface area contributed by atoms with Crippen LogP contribution in [0.15, 0.2) is 30.3 Å². The molecule has 6 heteroatoms. The van der Waals surface area contributed by atoms with Crippen molar-refractivity contribution in [3.8, 4) is 5.88 Å². The van der Waals surface area contributed by atoms with Crippen LogP contribution in [0, 0.1) is 18.8 Å². The van der Waals surface area contributed by atoms with Crippen LogP contribution in [0.4, 0.5) is 0 Å². The standard InChI is InChI=1S/C19H24N4OS/c1-12-9-13(2)11-22(10-12)16(15-7-5-4-6-8-15)17-18(24)23-19(25-17)20-14(3)21-23/h4-8,12-13,16,24H,9-11H2,1-3H3/p+1/t12-,13+,16-/m1/s1. The first-order chi connectivity index (χ1) is 12.0. The van der Waals surface area contributed by atoms with Gasteiger partial charge in [0.15, 0.2) is 6.04 Å². The molecular weight excluding hydrogens is 332 g/mol. The molecule has 1 unspecified atom stereocenters. The van der Waals surface area contributed by atoms with Crippen molar-refractivity contribution in [1.82, 2.24) is 14.6 Å². The number of likely N-dealkylation sites (tertiary alicyclic amines) is 1. The van der Waals surface area contributed by atoms with Crippen molar-refractivity contribution >= 4 is 16.3 Å². The lowest BCUT2D eigenvalue weighted by Crippen LogP contribution is -3.14. The van der Waals surface area contributed by atoms with Gasteiger partial charge in [-0.2, -0.15) is 4.52 Å². The predicted molar refractivity (Wildman–Crippen MR) is 99.2 cm³/mol. The van der Waals surface area contributed by atoms with Crippen molar-refractivity contribution in [2.75, 3.05) is 13.1 Å². The smallest absolute Gasteiger partial charge is 0.235 e. The van der Waals surface area contributed by atoms with E-state index in [1.54, 1.807) is 15.9 Å². The maximum Gasteiger partial charge on any atom is 0.235 e. The maximum atomic E-state index is 10.9. The van der Waals surface area contributed by atoms with Crippen molar-refractivity contribution in [2.45, 2.75) is 33.2 Å². The van der Waals surface area contributed by atoms with Crippen LogP contribution in [0.5, 0.6) is 5.88 Å². The van der Waals surface area contributed by atoms with Gasteiger partial charge in [0.25, 0.3) is 0 Å². The fourth-order valence-corrected chi connectivity index (χ4v) is 5.51. The number of aromatic nitrogens is 3. The summed E-state index contributed by atoms with van der Waals surface area (Å²) in [5, 5.41) is 15.2. The molecule has 3 aromatic rings. The van der Waals surface area contributed by atoms with Crippen molar-refractivity contribution in [1.29, 1.82) is 0 Å². The molecule has 4 rings (SSSR count). The molecule has 25 heavy (non-hydrogen) atoms. The molecule has 0 amide bonds. The van der Waals surface area contributed by atoms with Crippen LogP contribution in [-0.4, -0.2) is 32.8 Å². The van der Waals surface area contributed by atoms with Crippen molar-refractivity contribution in [2.24, 2.45) is 11.8 Å². The molecule has 2 aromatic heterocycles. The second-order valence-electron chi connectivity index (χ2n) is 7.50. The van der Waals surface area contributed by atoms with Crippen LogP contribution in [0.25, 0.3) is 4.96 Å². The van der Waals surface area contributed by atoms with Crippen molar-refractivity contribution in [3.63, 3.8) is 0 Å². The topological polar surface area (TPSA) is 54.9 Å². The lowest BCUT2D eigenvalue weighted by molar-refractivity contribution is -0.936. The first-order valence-corrected chi connectivity index (χ1v) is 9.79. The van der Waals surface area contributed by atoms with Crippen LogP contribution in [0.3, 0.4) is 0 Å². The van der Waals surface area contributed by atoms with E-state index in [4.69, 9.17) is 0 Å². The summed E-state index contributed by atoms with van der Waals surface area (Å²) in [5.74, 6) is 2.32. The zero-order chi connectivity index (χ0) is 17.6. The third-order valence-electron chi connectivity index (χ3n) is 5.13. The Kier molecular flexibility index (Phi) is 4.25. The van der Waals surface area contributed by atoms with Gasteiger partial charge in [-0.3, -0.25) is 0 Å².